The van der Waals surface area contributed by atoms with E-state index in [9.17, 15) is 4.79 Å². The number of fused-ring (bicyclic) bond motifs is 2. The molecule has 0 spiro atoms. The second-order valence-corrected chi connectivity index (χ2v) is 7.10. The van der Waals surface area contributed by atoms with Crippen molar-refractivity contribution in [3.63, 3.8) is 0 Å². The quantitative estimate of drug-likeness (QED) is 0.869. The van der Waals surface area contributed by atoms with Crippen molar-refractivity contribution in [1.29, 1.82) is 0 Å². The summed E-state index contributed by atoms with van der Waals surface area (Å²) in [4.78, 5) is 17.5. The summed E-state index contributed by atoms with van der Waals surface area (Å²) in [5, 5.41) is 3.54. The van der Waals surface area contributed by atoms with Crippen LogP contribution in [0, 0.1) is 5.92 Å². The van der Waals surface area contributed by atoms with Crippen molar-refractivity contribution in [2.75, 3.05) is 26.6 Å². The Morgan fingerprint density at radius 1 is 1.00 bits per heavy atom. The third-order valence-electron chi connectivity index (χ3n) is 5.58. The molecule has 2 aliphatic rings. The summed E-state index contributed by atoms with van der Waals surface area (Å²) in [7, 11) is 4.80. The van der Waals surface area contributed by atoms with E-state index in [1.54, 1.807) is 27.5 Å². The van der Waals surface area contributed by atoms with E-state index in [4.69, 9.17) is 14.2 Å². The maximum atomic E-state index is 13.0. The molecule has 0 amide bonds. The Bertz CT molecular complexity index is 925. The smallest absolute Gasteiger partial charge is 0.203 e. The molecule has 1 aliphatic carbocycles. The number of rotatable bonds is 4. The van der Waals surface area contributed by atoms with Crippen molar-refractivity contribution in [3.05, 3.63) is 42.0 Å². The molecule has 1 heterocycles. The fourth-order valence-corrected chi connectivity index (χ4v) is 4.23. The van der Waals surface area contributed by atoms with E-state index in [-0.39, 0.29) is 23.7 Å². The largest absolute Gasteiger partial charge is 0.493 e. The molecule has 4 rings (SSSR count). The number of nitrogens with zero attached hydrogens (tertiary/aromatic N) is 1. The van der Waals surface area contributed by atoms with Crippen LogP contribution in [-0.4, -0.2) is 39.4 Å². The highest BCUT2D eigenvalue weighted by Gasteiger charge is 2.39. The Labute approximate surface area is 164 Å². The first-order valence-corrected chi connectivity index (χ1v) is 9.37. The average molecular weight is 380 g/mol. The van der Waals surface area contributed by atoms with Crippen LogP contribution >= 0.6 is 0 Å². The van der Waals surface area contributed by atoms with Gasteiger partial charge in [0.05, 0.1) is 38.6 Å². The van der Waals surface area contributed by atoms with Gasteiger partial charge >= 0.3 is 0 Å². The van der Waals surface area contributed by atoms with E-state index >= 15 is 0 Å². The number of methoxy groups -OCH3 is 3. The lowest BCUT2D eigenvalue weighted by Gasteiger charge is -2.34. The lowest BCUT2D eigenvalue weighted by Crippen LogP contribution is -2.41. The van der Waals surface area contributed by atoms with Crippen LogP contribution in [0.5, 0.6) is 17.2 Å². The van der Waals surface area contributed by atoms with Crippen molar-refractivity contribution in [1.82, 2.24) is 0 Å². The van der Waals surface area contributed by atoms with Crippen molar-refractivity contribution in [3.8, 4) is 17.2 Å². The summed E-state index contributed by atoms with van der Waals surface area (Å²) >= 11 is 0. The third-order valence-corrected chi connectivity index (χ3v) is 5.58. The van der Waals surface area contributed by atoms with Crippen LogP contribution in [0.4, 0.5) is 11.4 Å². The first-order valence-electron chi connectivity index (χ1n) is 9.37. The second-order valence-electron chi connectivity index (χ2n) is 7.10. The normalized spacial score (nSPS) is 23.1. The fourth-order valence-electron chi connectivity index (χ4n) is 4.23. The molecule has 0 radical (unpaired) electrons. The number of carbonyl (C=O) groups excluding carboxylic acids is 1. The number of nitrogens with one attached hydrogen (secondary N) is 1. The number of aliphatic imine (C=N–C) groups is 1. The zero-order valence-electron chi connectivity index (χ0n) is 16.3. The van der Waals surface area contributed by atoms with Gasteiger partial charge in [0.25, 0.3) is 0 Å². The Balaban J connectivity index is 1.69. The van der Waals surface area contributed by atoms with Crippen LogP contribution in [0.3, 0.4) is 0 Å². The third kappa shape index (κ3) is 3.09. The maximum Gasteiger partial charge on any atom is 0.203 e. The monoisotopic (exact) mass is 380 g/mol. The molecule has 0 aromatic heterocycles. The fraction of sp³-hybridized carbons (Fsp3) is 0.364. The maximum absolute atomic E-state index is 13.0. The van der Waals surface area contributed by atoms with E-state index in [0.717, 1.165) is 23.4 Å². The van der Waals surface area contributed by atoms with Crippen molar-refractivity contribution in [2.45, 2.75) is 24.8 Å². The van der Waals surface area contributed by atoms with Gasteiger partial charge < -0.3 is 19.5 Å². The zero-order valence-corrected chi connectivity index (χ0v) is 16.3. The molecule has 1 N–H and O–H groups in total. The van der Waals surface area contributed by atoms with Gasteiger partial charge in [-0.1, -0.05) is 18.2 Å². The minimum absolute atomic E-state index is 0.0172. The van der Waals surface area contributed by atoms with Crippen molar-refractivity contribution < 1.29 is 19.0 Å². The van der Waals surface area contributed by atoms with Gasteiger partial charge in [0, 0.05) is 24.2 Å². The van der Waals surface area contributed by atoms with E-state index in [1.807, 2.05) is 36.4 Å². The van der Waals surface area contributed by atoms with E-state index in [1.165, 1.54) is 0 Å². The Morgan fingerprint density at radius 3 is 2.54 bits per heavy atom. The van der Waals surface area contributed by atoms with Crippen molar-refractivity contribution in [2.24, 2.45) is 10.9 Å². The molecule has 6 heteroatoms. The number of Topliss-reactive ketones (excluding diaryl/α,β-unsaturated/α-hetero) is 1. The van der Waals surface area contributed by atoms with Gasteiger partial charge in [-0.2, -0.15) is 0 Å². The molecule has 146 valence electrons. The van der Waals surface area contributed by atoms with Crippen molar-refractivity contribution >= 4 is 23.4 Å². The van der Waals surface area contributed by atoms with Gasteiger partial charge in [-0.15, -0.1) is 0 Å². The number of carbonyl (C=O) groups is 1. The number of benzene rings is 2. The average Bonchev–Trinajstić information content (AvgIpc) is 2.91. The molecule has 1 aliphatic heterocycles. The van der Waals surface area contributed by atoms with Crippen LogP contribution < -0.4 is 19.5 Å². The molecule has 1 fully saturated rings. The van der Waals surface area contributed by atoms with Gasteiger partial charge in [0.1, 0.15) is 5.78 Å². The zero-order chi connectivity index (χ0) is 19.7. The van der Waals surface area contributed by atoms with Gasteiger partial charge in [0.2, 0.25) is 5.75 Å². The first-order chi connectivity index (χ1) is 13.7. The van der Waals surface area contributed by atoms with Crippen LogP contribution in [0.15, 0.2) is 41.4 Å². The van der Waals surface area contributed by atoms with Crippen LogP contribution in [-0.2, 0) is 4.79 Å². The van der Waals surface area contributed by atoms with Gasteiger partial charge in [-0.25, -0.2) is 0 Å². The van der Waals surface area contributed by atoms with Gasteiger partial charge in [0.15, 0.2) is 11.5 Å². The molecule has 0 unspecified atom stereocenters. The topological polar surface area (TPSA) is 69.2 Å². The summed E-state index contributed by atoms with van der Waals surface area (Å²) in [5.41, 5.74) is 2.78. The summed E-state index contributed by atoms with van der Waals surface area (Å²) in [6, 6.07) is 11.7. The highest BCUT2D eigenvalue weighted by molar-refractivity contribution is 5.99. The summed E-state index contributed by atoms with van der Waals surface area (Å²) in [6.45, 7) is 0. The minimum atomic E-state index is -0.227. The number of para-hydroxylation sites is 2. The molecular weight excluding hydrogens is 356 g/mol. The van der Waals surface area contributed by atoms with Crippen LogP contribution in [0.2, 0.25) is 0 Å². The molecular formula is C22H24N2O4. The lowest BCUT2D eigenvalue weighted by atomic mass is 9.74. The predicted molar refractivity (Wildman–Crippen MR) is 109 cm³/mol. The molecule has 2 aromatic carbocycles. The number of ketones is 1. The highest BCUT2D eigenvalue weighted by atomic mass is 16.5. The molecule has 6 nitrogen and oxygen atoms in total. The van der Waals surface area contributed by atoms with Crippen LogP contribution in [0.25, 0.3) is 0 Å². The predicted octanol–water partition coefficient (Wildman–Crippen LogP) is 3.97. The number of anilines is 1. The number of hydrogen-bond acceptors (Lipinski definition) is 6. The molecule has 0 bridgehead atoms. The number of ether oxygens (including phenoxy) is 3. The molecule has 28 heavy (non-hydrogen) atoms. The lowest BCUT2D eigenvalue weighted by molar-refractivity contribution is -0.123. The molecule has 2 aromatic rings. The van der Waals surface area contributed by atoms with Crippen LogP contribution in [0.1, 0.15) is 24.3 Å². The Kier molecular flexibility index (Phi) is 4.94. The summed E-state index contributed by atoms with van der Waals surface area (Å²) in [6.07, 6.45) is 3.04. The molecule has 0 saturated heterocycles. The number of hydrogen-bond donors (Lipinski definition) is 1. The van der Waals surface area contributed by atoms with E-state index in [0.29, 0.717) is 23.7 Å². The van der Waals surface area contributed by atoms with E-state index in [2.05, 4.69) is 10.3 Å². The highest BCUT2D eigenvalue weighted by Crippen LogP contribution is 2.47. The minimum Gasteiger partial charge on any atom is -0.493 e. The van der Waals surface area contributed by atoms with E-state index < -0.39 is 0 Å². The SMILES string of the molecule is COc1ccc([C@@H]2CC(=O)[C@@H]3C=Nc4ccccc4N[C@@H]3C2)c(OC)c1OC. The van der Waals surface area contributed by atoms with Gasteiger partial charge in [-0.3, -0.25) is 9.79 Å². The first kappa shape index (κ1) is 18.3. The molecule has 3 atom stereocenters. The summed E-state index contributed by atoms with van der Waals surface area (Å²) < 4.78 is 16.6. The Hall–Kier alpha value is -3.02. The Morgan fingerprint density at radius 2 is 1.79 bits per heavy atom. The molecule has 1 saturated carbocycles. The summed E-state index contributed by atoms with van der Waals surface area (Å²) in [5.74, 6) is 1.77. The second kappa shape index (κ2) is 7.54. The standard InChI is InChI=1S/C22H24N2O4/c1-26-20-9-8-14(21(27-2)22(20)28-3)13-10-18-15(19(25)11-13)12-23-16-6-4-5-7-17(16)24-18/h4-9,12-13,15,18,24H,10-11H2,1-3H3/t13-,15+,18+/m0/s1. The van der Waals surface area contributed by atoms with Gasteiger partial charge in [-0.05, 0) is 30.5 Å².